The van der Waals surface area contributed by atoms with Crippen LogP contribution in [0.4, 0.5) is 9.59 Å². The standard InChI is InChI=1S/C10H5Cl7.C6H12N2O2S2/c11-4-2-1-3-5(4)9(15)7(13)6(12)8(3,14)10(9,16)17;1-7(2)5(9)11-12-6(10)8(3)4/h1-5H;1-4H3. The fourth-order valence-corrected chi connectivity index (χ4v) is 8.58. The van der Waals surface area contributed by atoms with Crippen LogP contribution in [0.15, 0.2) is 22.2 Å². The first-order valence-corrected chi connectivity index (χ1v) is 12.9. The molecule has 4 nitrogen and oxygen atoms in total. The molecule has 2 amide bonds. The highest BCUT2D eigenvalue weighted by Gasteiger charge is 2.83. The molecule has 0 spiro atoms. The number of nitrogens with zero attached hydrogens (tertiary/aromatic N) is 2. The molecule has 5 unspecified atom stereocenters. The maximum absolute atomic E-state index is 11.0. The number of fused-ring (bicyclic) bond motifs is 5. The number of carbonyl (C=O) groups excluding carboxylic acids is 2. The summed E-state index contributed by atoms with van der Waals surface area (Å²) in [7, 11) is 8.46. The molecule has 0 aromatic heterocycles. The lowest BCUT2D eigenvalue weighted by atomic mass is 9.84. The van der Waals surface area contributed by atoms with Crippen LogP contribution in [0.25, 0.3) is 0 Å². The molecule has 0 aromatic carbocycles. The van der Waals surface area contributed by atoms with E-state index in [1.807, 2.05) is 12.2 Å². The van der Waals surface area contributed by atoms with Crippen molar-refractivity contribution in [2.24, 2.45) is 11.8 Å². The topological polar surface area (TPSA) is 40.6 Å². The van der Waals surface area contributed by atoms with Gasteiger partial charge in [-0.05, 0) is 0 Å². The fraction of sp³-hybridized carbons (Fsp3) is 0.625. The van der Waals surface area contributed by atoms with Gasteiger partial charge in [0.25, 0.3) is 10.5 Å². The number of carbonyl (C=O) groups is 2. The molecule has 0 aromatic rings. The van der Waals surface area contributed by atoms with Crippen LogP contribution in [0, 0.1) is 11.8 Å². The SMILES string of the molecule is CN(C)C(=O)SSC(=O)N(C)C.ClC1=C(Cl)C2(Cl)C3C(Cl)C=CC3C1(Cl)C2(Cl)Cl. The normalized spacial score (nSPS) is 35.9. The van der Waals surface area contributed by atoms with Gasteiger partial charge >= 0.3 is 0 Å². The molecule has 3 aliphatic carbocycles. The molecular formula is C16H17Cl7N2O2S2. The minimum atomic E-state index is -1.48. The van der Waals surface area contributed by atoms with Gasteiger partial charge in [-0.1, -0.05) is 58.6 Å². The number of hydrogen-bond acceptors (Lipinski definition) is 4. The zero-order valence-corrected chi connectivity index (χ0v) is 22.5. The third-order valence-electron chi connectivity index (χ3n) is 4.81. The zero-order chi connectivity index (χ0) is 22.5. The lowest BCUT2D eigenvalue weighted by molar-refractivity contribution is 0.240. The molecule has 29 heavy (non-hydrogen) atoms. The first kappa shape index (κ1) is 26.4. The molecular weight excluding hydrogens is 564 g/mol. The van der Waals surface area contributed by atoms with Gasteiger partial charge in [0, 0.05) is 61.6 Å². The highest BCUT2D eigenvalue weighted by atomic mass is 35.5. The Morgan fingerprint density at radius 2 is 1.28 bits per heavy atom. The smallest absolute Gasteiger partial charge is 0.292 e. The Bertz CT molecular complexity index is 756. The van der Waals surface area contributed by atoms with E-state index in [-0.39, 0.29) is 37.8 Å². The summed E-state index contributed by atoms with van der Waals surface area (Å²) >= 11 is 44.5. The van der Waals surface area contributed by atoms with Gasteiger partial charge in [0.1, 0.15) is 9.75 Å². The average molecular weight is 582 g/mol. The van der Waals surface area contributed by atoms with Crippen molar-refractivity contribution in [2.75, 3.05) is 28.2 Å². The van der Waals surface area contributed by atoms with Gasteiger partial charge in [0.05, 0.1) is 15.4 Å². The number of rotatable bonds is 0. The molecule has 0 saturated heterocycles. The number of halogens is 7. The Hall–Kier alpha value is 1.15. The molecule has 2 bridgehead atoms. The van der Waals surface area contributed by atoms with Crippen molar-refractivity contribution in [2.45, 2.75) is 19.5 Å². The Kier molecular flexibility index (Phi) is 8.36. The molecule has 0 radical (unpaired) electrons. The molecule has 0 heterocycles. The van der Waals surface area contributed by atoms with E-state index in [2.05, 4.69) is 0 Å². The van der Waals surface area contributed by atoms with E-state index in [1.165, 1.54) is 9.80 Å². The number of alkyl halides is 5. The summed E-state index contributed by atoms with van der Waals surface area (Å²) < 4.78 is -1.48. The van der Waals surface area contributed by atoms with E-state index < -0.39 is 14.1 Å². The molecule has 0 N–H and O–H groups in total. The third kappa shape index (κ3) is 4.02. The van der Waals surface area contributed by atoms with Crippen LogP contribution in [0.3, 0.4) is 0 Å². The summed E-state index contributed by atoms with van der Waals surface area (Å²) in [4.78, 5) is 22.4. The first-order valence-electron chi connectivity index (χ1n) is 8.07. The van der Waals surface area contributed by atoms with Crippen LogP contribution < -0.4 is 0 Å². The largest absolute Gasteiger partial charge is 0.339 e. The third-order valence-corrected chi connectivity index (χ3v) is 11.7. The zero-order valence-electron chi connectivity index (χ0n) is 15.6. The summed E-state index contributed by atoms with van der Waals surface area (Å²) in [6.45, 7) is 0. The summed E-state index contributed by atoms with van der Waals surface area (Å²) in [5, 5.41) is -0.146. The van der Waals surface area contributed by atoms with Gasteiger partial charge in [-0.3, -0.25) is 9.59 Å². The molecule has 1 saturated carbocycles. The second-order valence-electron chi connectivity index (χ2n) is 6.99. The highest BCUT2D eigenvalue weighted by Crippen LogP contribution is 2.78. The van der Waals surface area contributed by atoms with Crippen LogP contribution in [-0.4, -0.2) is 67.9 Å². The van der Waals surface area contributed by atoms with E-state index in [9.17, 15) is 9.59 Å². The van der Waals surface area contributed by atoms with Crippen molar-refractivity contribution in [1.29, 1.82) is 0 Å². The Morgan fingerprint density at radius 1 is 0.862 bits per heavy atom. The van der Waals surface area contributed by atoms with Gasteiger partial charge < -0.3 is 9.80 Å². The molecule has 3 rings (SSSR count). The highest BCUT2D eigenvalue weighted by molar-refractivity contribution is 8.87. The minimum Gasteiger partial charge on any atom is -0.339 e. The van der Waals surface area contributed by atoms with Gasteiger partial charge in [-0.25, -0.2) is 0 Å². The maximum atomic E-state index is 11.0. The summed E-state index contributed by atoms with van der Waals surface area (Å²) in [5.41, 5.74) is 0. The van der Waals surface area contributed by atoms with E-state index in [1.54, 1.807) is 28.2 Å². The molecule has 13 heteroatoms. The lowest BCUT2D eigenvalue weighted by Gasteiger charge is -2.34. The molecule has 164 valence electrons. The van der Waals surface area contributed by atoms with Crippen LogP contribution >= 0.6 is 103 Å². The number of hydrogen-bond donors (Lipinski definition) is 0. The first-order chi connectivity index (χ1) is 13.2. The van der Waals surface area contributed by atoms with Gasteiger partial charge in [-0.15, -0.1) is 34.8 Å². The van der Waals surface area contributed by atoms with Crippen molar-refractivity contribution < 1.29 is 9.59 Å². The summed E-state index contributed by atoms with van der Waals surface area (Å²) in [6.07, 6.45) is 3.69. The van der Waals surface area contributed by atoms with Crippen molar-refractivity contribution in [3.63, 3.8) is 0 Å². The quantitative estimate of drug-likeness (QED) is 0.176. The molecule has 5 atom stereocenters. The van der Waals surface area contributed by atoms with Gasteiger partial charge in [0.2, 0.25) is 0 Å². The van der Waals surface area contributed by atoms with E-state index in [0.717, 1.165) is 21.6 Å². The maximum Gasteiger partial charge on any atom is 0.292 e. The summed E-state index contributed by atoms with van der Waals surface area (Å²) in [6, 6.07) is 0. The van der Waals surface area contributed by atoms with Crippen molar-refractivity contribution in [1.82, 2.24) is 9.80 Å². The number of allylic oxidation sites excluding steroid dienone is 4. The fourth-order valence-electron chi connectivity index (χ4n) is 3.30. The Balaban J connectivity index is 0.000000223. The second kappa shape index (κ2) is 9.18. The monoisotopic (exact) mass is 578 g/mol. The predicted molar refractivity (Wildman–Crippen MR) is 129 cm³/mol. The van der Waals surface area contributed by atoms with Crippen LogP contribution in [0.2, 0.25) is 0 Å². The van der Waals surface area contributed by atoms with Crippen LogP contribution in [0.5, 0.6) is 0 Å². The Morgan fingerprint density at radius 3 is 1.69 bits per heavy atom. The van der Waals surface area contributed by atoms with Crippen molar-refractivity contribution in [3.8, 4) is 0 Å². The average Bonchev–Trinajstić information content (AvgIpc) is 3.12. The molecule has 1 fully saturated rings. The summed E-state index contributed by atoms with van der Waals surface area (Å²) in [5.74, 6) is -0.470. The lowest BCUT2D eigenvalue weighted by Crippen LogP contribution is -2.45. The van der Waals surface area contributed by atoms with Crippen molar-refractivity contribution >= 4 is 113 Å². The molecule has 0 aliphatic heterocycles. The van der Waals surface area contributed by atoms with E-state index >= 15 is 0 Å². The number of amides is 2. The van der Waals surface area contributed by atoms with Gasteiger partial charge in [0.15, 0.2) is 4.33 Å². The predicted octanol–water partition coefficient (Wildman–Crippen LogP) is 6.97. The minimum absolute atomic E-state index is 0.129. The van der Waals surface area contributed by atoms with E-state index in [0.29, 0.717) is 0 Å². The molecule has 3 aliphatic rings. The second-order valence-corrected chi connectivity index (χ2v) is 12.8. The van der Waals surface area contributed by atoms with Gasteiger partial charge in [-0.2, -0.15) is 0 Å². The van der Waals surface area contributed by atoms with Crippen molar-refractivity contribution in [3.05, 3.63) is 22.2 Å². The van der Waals surface area contributed by atoms with Crippen LogP contribution in [0.1, 0.15) is 0 Å². The van der Waals surface area contributed by atoms with E-state index in [4.69, 9.17) is 81.2 Å². The van der Waals surface area contributed by atoms with Crippen LogP contribution in [-0.2, 0) is 0 Å². The Labute approximate surface area is 212 Å².